The van der Waals surface area contributed by atoms with Crippen LogP contribution in [0.15, 0.2) is 59.0 Å². The van der Waals surface area contributed by atoms with Crippen molar-refractivity contribution in [2.24, 2.45) is 5.92 Å². The Balaban J connectivity index is 0.00000231. The van der Waals surface area contributed by atoms with Gasteiger partial charge in [-0.25, -0.2) is 4.98 Å². The summed E-state index contributed by atoms with van der Waals surface area (Å²) in [7, 11) is 0. The van der Waals surface area contributed by atoms with Gasteiger partial charge in [-0.3, -0.25) is 4.79 Å². The van der Waals surface area contributed by atoms with Gasteiger partial charge in [0, 0.05) is 24.9 Å². The lowest BCUT2D eigenvalue weighted by molar-refractivity contribution is 0.0727. The summed E-state index contributed by atoms with van der Waals surface area (Å²) in [6, 6.07) is 18.4. The molecule has 0 saturated carbocycles. The van der Waals surface area contributed by atoms with Crippen LogP contribution in [0.4, 0.5) is 0 Å². The molecule has 1 N–H and O–H groups in total. The SMILES string of the molecule is Cl.O=C(c1cccc(CC2CCNC2)c1)N1CCc2oc(Cc3ccccc3)nc2C1. The molecule has 0 aliphatic carbocycles. The molecule has 2 aliphatic rings. The normalized spacial score (nSPS) is 17.8. The smallest absolute Gasteiger partial charge is 0.254 e. The number of nitrogens with one attached hydrogen (secondary N) is 1. The Labute approximate surface area is 189 Å². The molecule has 1 saturated heterocycles. The Kier molecular flexibility index (Phi) is 6.73. The number of amides is 1. The lowest BCUT2D eigenvalue weighted by atomic mass is 9.97. The molecule has 3 aromatic rings. The van der Waals surface area contributed by atoms with Gasteiger partial charge in [0.25, 0.3) is 5.91 Å². The Hall–Kier alpha value is -2.63. The fraction of sp³-hybridized carbons (Fsp3) is 0.360. The van der Waals surface area contributed by atoms with Gasteiger partial charge < -0.3 is 14.6 Å². The van der Waals surface area contributed by atoms with E-state index in [4.69, 9.17) is 9.40 Å². The molecule has 0 radical (unpaired) electrons. The molecule has 1 amide bonds. The lowest BCUT2D eigenvalue weighted by Crippen LogP contribution is -2.35. The van der Waals surface area contributed by atoms with E-state index in [1.54, 1.807) is 0 Å². The number of carbonyl (C=O) groups is 1. The van der Waals surface area contributed by atoms with Crippen molar-refractivity contribution >= 4 is 18.3 Å². The Bertz CT molecular complexity index is 1030. The van der Waals surface area contributed by atoms with Crippen molar-refractivity contribution in [1.82, 2.24) is 15.2 Å². The van der Waals surface area contributed by atoms with E-state index in [2.05, 4.69) is 29.6 Å². The molecular weight excluding hydrogens is 410 g/mol. The molecular formula is C25H28ClN3O2. The lowest BCUT2D eigenvalue weighted by Gasteiger charge is -2.25. The van der Waals surface area contributed by atoms with Crippen molar-refractivity contribution in [3.63, 3.8) is 0 Å². The van der Waals surface area contributed by atoms with Gasteiger partial charge in [0.2, 0.25) is 0 Å². The zero-order chi connectivity index (χ0) is 20.3. The van der Waals surface area contributed by atoms with Gasteiger partial charge >= 0.3 is 0 Å². The first-order valence-electron chi connectivity index (χ1n) is 10.8. The minimum Gasteiger partial charge on any atom is -0.445 e. The summed E-state index contributed by atoms with van der Waals surface area (Å²) in [5.41, 5.74) is 4.10. The van der Waals surface area contributed by atoms with Crippen LogP contribution >= 0.6 is 12.4 Å². The zero-order valence-corrected chi connectivity index (χ0v) is 18.4. The number of carbonyl (C=O) groups excluding carboxylic acids is 1. The first-order valence-corrected chi connectivity index (χ1v) is 10.8. The zero-order valence-electron chi connectivity index (χ0n) is 17.5. The third-order valence-corrected chi connectivity index (χ3v) is 6.12. The van der Waals surface area contributed by atoms with Crippen LogP contribution in [-0.4, -0.2) is 35.4 Å². The summed E-state index contributed by atoms with van der Waals surface area (Å²) in [6.45, 7) is 3.36. The summed E-state index contributed by atoms with van der Waals surface area (Å²) in [6.07, 6.45) is 3.64. The second-order valence-electron chi connectivity index (χ2n) is 8.38. The van der Waals surface area contributed by atoms with E-state index in [1.165, 1.54) is 17.5 Å². The number of hydrogen-bond donors (Lipinski definition) is 1. The summed E-state index contributed by atoms with van der Waals surface area (Å²) >= 11 is 0. The van der Waals surface area contributed by atoms with E-state index in [0.717, 1.165) is 48.8 Å². The first-order chi connectivity index (χ1) is 14.7. The van der Waals surface area contributed by atoms with Gasteiger partial charge in [-0.05, 0) is 55.1 Å². The molecule has 2 aliphatic heterocycles. The van der Waals surface area contributed by atoms with Crippen molar-refractivity contribution < 1.29 is 9.21 Å². The van der Waals surface area contributed by atoms with E-state index in [-0.39, 0.29) is 18.3 Å². The molecule has 1 fully saturated rings. The molecule has 162 valence electrons. The number of oxazole rings is 1. The van der Waals surface area contributed by atoms with E-state index in [1.807, 2.05) is 35.2 Å². The predicted octanol–water partition coefficient (Wildman–Crippen LogP) is 4.04. The van der Waals surface area contributed by atoms with Crippen LogP contribution < -0.4 is 5.32 Å². The number of aromatic nitrogens is 1. The average molecular weight is 438 g/mol. The Morgan fingerprint density at radius 1 is 1.13 bits per heavy atom. The molecule has 1 unspecified atom stereocenters. The molecule has 5 rings (SSSR count). The standard InChI is InChI=1S/C25H27N3O2.ClH/c29-25(21-8-4-7-19(14-21)13-20-9-11-26-16-20)28-12-10-23-22(17-28)27-24(30-23)15-18-5-2-1-3-6-18;/h1-8,14,20,26H,9-13,15-17H2;1H. The van der Waals surface area contributed by atoms with Crippen molar-refractivity contribution in [1.29, 1.82) is 0 Å². The number of benzene rings is 2. The highest BCUT2D eigenvalue weighted by molar-refractivity contribution is 5.94. The minimum absolute atomic E-state index is 0. The largest absolute Gasteiger partial charge is 0.445 e. The van der Waals surface area contributed by atoms with Gasteiger partial charge in [0.05, 0.1) is 6.54 Å². The van der Waals surface area contributed by atoms with Crippen LogP contribution in [0.5, 0.6) is 0 Å². The van der Waals surface area contributed by atoms with E-state index in [9.17, 15) is 4.79 Å². The molecule has 1 aromatic heterocycles. The van der Waals surface area contributed by atoms with Crippen LogP contribution in [-0.2, 0) is 25.8 Å². The van der Waals surface area contributed by atoms with Crippen LogP contribution in [0, 0.1) is 5.92 Å². The van der Waals surface area contributed by atoms with Gasteiger partial charge in [-0.1, -0.05) is 42.5 Å². The molecule has 3 heterocycles. The van der Waals surface area contributed by atoms with Crippen molar-refractivity contribution in [3.8, 4) is 0 Å². The van der Waals surface area contributed by atoms with Gasteiger partial charge in [0.1, 0.15) is 11.5 Å². The van der Waals surface area contributed by atoms with Crippen LogP contribution in [0.3, 0.4) is 0 Å². The quantitative estimate of drug-likeness (QED) is 0.654. The molecule has 0 spiro atoms. The second-order valence-corrected chi connectivity index (χ2v) is 8.38. The maximum Gasteiger partial charge on any atom is 0.254 e. The third-order valence-electron chi connectivity index (χ3n) is 6.12. The van der Waals surface area contributed by atoms with Crippen LogP contribution in [0.25, 0.3) is 0 Å². The maximum atomic E-state index is 13.2. The highest BCUT2D eigenvalue weighted by Gasteiger charge is 2.26. The first kappa shape index (κ1) is 21.6. The summed E-state index contributed by atoms with van der Waals surface area (Å²) in [4.78, 5) is 19.7. The second kappa shape index (κ2) is 9.67. The van der Waals surface area contributed by atoms with E-state index >= 15 is 0 Å². The number of nitrogens with zero attached hydrogens (tertiary/aromatic N) is 2. The van der Waals surface area contributed by atoms with Gasteiger partial charge in [0.15, 0.2) is 5.89 Å². The molecule has 1 atom stereocenters. The molecule has 2 aromatic carbocycles. The highest BCUT2D eigenvalue weighted by atomic mass is 35.5. The van der Waals surface area contributed by atoms with Gasteiger partial charge in [-0.15, -0.1) is 12.4 Å². The minimum atomic E-state index is 0. The summed E-state index contributed by atoms with van der Waals surface area (Å²) < 4.78 is 5.98. The van der Waals surface area contributed by atoms with Gasteiger partial charge in [-0.2, -0.15) is 0 Å². The fourth-order valence-corrected chi connectivity index (χ4v) is 4.51. The number of rotatable bonds is 5. The summed E-state index contributed by atoms with van der Waals surface area (Å²) in [5, 5.41) is 3.42. The monoisotopic (exact) mass is 437 g/mol. The average Bonchev–Trinajstić information content (AvgIpc) is 3.43. The number of halogens is 1. The van der Waals surface area contributed by atoms with E-state index < -0.39 is 0 Å². The van der Waals surface area contributed by atoms with Crippen LogP contribution in [0.2, 0.25) is 0 Å². The highest BCUT2D eigenvalue weighted by Crippen LogP contribution is 2.23. The Morgan fingerprint density at radius 2 is 1.97 bits per heavy atom. The molecule has 5 nitrogen and oxygen atoms in total. The topological polar surface area (TPSA) is 58.4 Å². The number of fused-ring (bicyclic) bond motifs is 1. The molecule has 31 heavy (non-hydrogen) atoms. The maximum absolute atomic E-state index is 13.2. The number of hydrogen-bond acceptors (Lipinski definition) is 4. The van der Waals surface area contributed by atoms with Crippen LogP contribution in [0.1, 0.15) is 45.3 Å². The molecule has 0 bridgehead atoms. The molecule has 6 heteroatoms. The van der Waals surface area contributed by atoms with Crippen molar-refractivity contribution in [2.45, 2.75) is 32.2 Å². The predicted molar refractivity (Wildman–Crippen MR) is 123 cm³/mol. The Morgan fingerprint density at radius 3 is 2.77 bits per heavy atom. The summed E-state index contributed by atoms with van der Waals surface area (Å²) in [5.74, 6) is 2.41. The van der Waals surface area contributed by atoms with Crippen molar-refractivity contribution in [2.75, 3.05) is 19.6 Å². The fourth-order valence-electron chi connectivity index (χ4n) is 4.51. The van der Waals surface area contributed by atoms with E-state index in [0.29, 0.717) is 25.4 Å². The third kappa shape index (κ3) is 5.00. The van der Waals surface area contributed by atoms with Crippen molar-refractivity contribution in [3.05, 3.63) is 88.6 Å².